The molecule has 1 N–H and O–H groups in total. The fourth-order valence-corrected chi connectivity index (χ4v) is 6.67. The van der Waals surface area contributed by atoms with E-state index in [1.165, 1.54) is 87.9 Å². The maximum Gasteiger partial charge on any atom is 0.265 e. The van der Waals surface area contributed by atoms with Gasteiger partial charge in [0.05, 0.1) is 39.0 Å². The number of carbonyl (C=O) groups is 2. The first-order valence-corrected chi connectivity index (χ1v) is 16.8. The molecule has 0 saturated heterocycles. The predicted octanol–water partition coefficient (Wildman–Crippen LogP) is 4.83. The molecule has 0 aliphatic heterocycles. The number of hydrogen-bond donors (Lipinski definition) is 1. The molecule has 0 aromatic heterocycles. The van der Waals surface area contributed by atoms with Crippen LogP contribution in [0.25, 0.3) is 0 Å². The van der Waals surface area contributed by atoms with Gasteiger partial charge >= 0.3 is 0 Å². The zero-order valence-corrected chi connectivity index (χ0v) is 28.8. The number of likely N-dealkylation sites (N-methyl/N-ethyl adjacent to an activating group) is 1. The van der Waals surface area contributed by atoms with Crippen LogP contribution in [0.1, 0.15) is 18.1 Å². The Morgan fingerprint density at radius 2 is 1.43 bits per heavy atom. The van der Waals surface area contributed by atoms with Gasteiger partial charge in [0.1, 0.15) is 29.9 Å². The van der Waals surface area contributed by atoms with Gasteiger partial charge in [-0.25, -0.2) is 12.8 Å². The van der Waals surface area contributed by atoms with Crippen LogP contribution < -0.4 is 28.6 Å². The highest BCUT2D eigenvalue weighted by Crippen LogP contribution is 2.38. The molecule has 4 aromatic rings. The van der Waals surface area contributed by atoms with Gasteiger partial charge in [-0.2, -0.15) is 0 Å². The predicted molar refractivity (Wildman–Crippen MR) is 183 cm³/mol. The number of hydrogen-bond acceptors (Lipinski definition) is 8. The van der Waals surface area contributed by atoms with Gasteiger partial charge in [-0.15, -0.1) is 0 Å². The lowest BCUT2D eigenvalue weighted by Gasteiger charge is -2.34. The van der Waals surface area contributed by atoms with Crippen molar-refractivity contribution in [2.45, 2.75) is 30.8 Å². The van der Waals surface area contributed by atoms with Gasteiger partial charge in [-0.05, 0) is 54.4 Å². The topological polar surface area (TPSA) is 124 Å². The number of methoxy groups -OCH3 is 4. The Balaban J connectivity index is 1.89. The lowest BCUT2D eigenvalue weighted by Crippen LogP contribution is -2.53. The van der Waals surface area contributed by atoms with E-state index in [1.807, 2.05) is 30.3 Å². The van der Waals surface area contributed by atoms with Crippen molar-refractivity contribution in [1.82, 2.24) is 10.2 Å². The van der Waals surface area contributed by atoms with Crippen molar-refractivity contribution in [2.75, 3.05) is 45.8 Å². The second-order valence-corrected chi connectivity index (χ2v) is 12.7. The van der Waals surface area contributed by atoms with Crippen molar-refractivity contribution in [3.05, 3.63) is 108 Å². The summed E-state index contributed by atoms with van der Waals surface area (Å²) in [5.41, 5.74) is 1.33. The Morgan fingerprint density at radius 1 is 0.776 bits per heavy atom. The van der Waals surface area contributed by atoms with Gasteiger partial charge in [-0.1, -0.05) is 42.5 Å². The summed E-state index contributed by atoms with van der Waals surface area (Å²) in [6.45, 7) is 1.19. The lowest BCUT2D eigenvalue weighted by molar-refractivity contribution is -0.140. The van der Waals surface area contributed by atoms with Gasteiger partial charge in [0.2, 0.25) is 11.8 Å². The highest BCUT2D eigenvalue weighted by atomic mass is 32.2. The lowest BCUT2D eigenvalue weighted by atomic mass is 10.0. The zero-order valence-electron chi connectivity index (χ0n) is 28.0. The summed E-state index contributed by atoms with van der Waals surface area (Å²) in [6.07, 6.45) is 0.129. The molecule has 2 amide bonds. The highest BCUT2D eigenvalue weighted by Gasteiger charge is 2.36. The van der Waals surface area contributed by atoms with Crippen LogP contribution >= 0.6 is 0 Å². The summed E-state index contributed by atoms with van der Waals surface area (Å²) in [7, 11) is 1.08. The summed E-state index contributed by atoms with van der Waals surface area (Å²) in [5, 5.41) is 2.81. The van der Waals surface area contributed by atoms with Crippen LogP contribution in [0.3, 0.4) is 0 Å². The van der Waals surface area contributed by atoms with Crippen LogP contribution in [-0.4, -0.2) is 72.7 Å². The average molecular weight is 694 g/mol. The minimum atomic E-state index is -4.53. The number of amides is 2. The normalized spacial score (nSPS) is 11.6. The summed E-state index contributed by atoms with van der Waals surface area (Å²) in [6, 6.07) is 22.3. The number of sulfonamides is 1. The van der Waals surface area contributed by atoms with E-state index < -0.39 is 40.2 Å². The van der Waals surface area contributed by atoms with Gasteiger partial charge < -0.3 is 29.2 Å². The number of carbonyl (C=O) groups excluding carboxylic acids is 2. The van der Waals surface area contributed by atoms with E-state index in [2.05, 4.69) is 5.32 Å². The van der Waals surface area contributed by atoms with E-state index in [1.54, 1.807) is 13.0 Å². The molecule has 4 aromatic carbocycles. The maximum absolute atomic E-state index is 14.6. The summed E-state index contributed by atoms with van der Waals surface area (Å²) in [4.78, 5) is 29.4. The summed E-state index contributed by atoms with van der Waals surface area (Å²) < 4.78 is 65.5. The van der Waals surface area contributed by atoms with Crippen molar-refractivity contribution < 1.29 is 41.3 Å². The molecule has 4 rings (SSSR count). The van der Waals surface area contributed by atoms with Gasteiger partial charge in [0.25, 0.3) is 10.0 Å². The van der Waals surface area contributed by atoms with Gasteiger partial charge in [0, 0.05) is 31.6 Å². The van der Waals surface area contributed by atoms with Crippen molar-refractivity contribution in [3.63, 3.8) is 0 Å². The molecular weight excluding hydrogens is 653 g/mol. The van der Waals surface area contributed by atoms with E-state index in [9.17, 15) is 22.4 Å². The first-order chi connectivity index (χ1) is 23.6. The molecule has 1 atom stereocenters. The Hall–Kier alpha value is -5.30. The van der Waals surface area contributed by atoms with E-state index in [0.29, 0.717) is 23.6 Å². The highest BCUT2D eigenvalue weighted by molar-refractivity contribution is 7.92. The molecule has 1 unspecified atom stereocenters. The third-order valence-electron chi connectivity index (χ3n) is 7.76. The van der Waals surface area contributed by atoms with Gasteiger partial charge in [0.15, 0.2) is 11.5 Å². The molecule has 0 aliphatic rings. The minimum Gasteiger partial charge on any atom is -0.497 e. The molecule has 13 heteroatoms. The molecule has 0 fully saturated rings. The van der Waals surface area contributed by atoms with Crippen LogP contribution in [0, 0.1) is 5.82 Å². The first-order valence-electron chi connectivity index (χ1n) is 15.4. The largest absolute Gasteiger partial charge is 0.497 e. The maximum atomic E-state index is 14.6. The monoisotopic (exact) mass is 693 g/mol. The quantitative estimate of drug-likeness (QED) is 0.177. The van der Waals surface area contributed by atoms with Crippen LogP contribution in [0.2, 0.25) is 0 Å². The van der Waals surface area contributed by atoms with Crippen LogP contribution in [0.15, 0.2) is 95.9 Å². The number of nitrogens with one attached hydrogen (secondary N) is 1. The molecule has 260 valence electrons. The van der Waals surface area contributed by atoms with E-state index in [4.69, 9.17) is 18.9 Å². The van der Waals surface area contributed by atoms with Gasteiger partial charge in [-0.3, -0.25) is 13.9 Å². The number of halogens is 1. The third kappa shape index (κ3) is 8.79. The molecule has 0 bridgehead atoms. The second kappa shape index (κ2) is 16.7. The molecule has 0 saturated carbocycles. The standard InChI is InChI=1S/C36H40FN3O8S/c1-6-38-36(42)31(20-25-10-8-7-9-11-25)39(23-26-12-14-27(37)15-13-26)35(41)24-40(30-21-28(45-2)16-18-32(30)46-3)49(43,44)29-17-19-33(47-4)34(22-29)48-5/h7-19,21-22,31H,6,20,23-24H2,1-5H3,(H,38,42). The van der Waals surface area contributed by atoms with E-state index in [0.717, 1.165) is 9.87 Å². The van der Waals surface area contributed by atoms with Crippen LogP contribution in [0.5, 0.6) is 23.0 Å². The van der Waals surface area contributed by atoms with Crippen molar-refractivity contribution >= 4 is 27.5 Å². The molecule has 11 nitrogen and oxygen atoms in total. The Labute approximate surface area is 286 Å². The Morgan fingerprint density at radius 3 is 2.04 bits per heavy atom. The minimum absolute atomic E-state index is 0.0179. The SMILES string of the molecule is CCNC(=O)C(Cc1ccccc1)N(Cc1ccc(F)cc1)C(=O)CN(c1cc(OC)ccc1OC)S(=O)(=O)c1ccc(OC)c(OC)c1. The molecule has 0 spiro atoms. The number of nitrogens with zero attached hydrogens (tertiary/aromatic N) is 2. The van der Waals surface area contributed by atoms with Crippen molar-refractivity contribution in [1.29, 1.82) is 0 Å². The molecule has 49 heavy (non-hydrogen) atoms. The smallest absolute Gasteiger partial charge is 0.265 e. The Bertz CT molecular complexity index is 1840. The first kappa shape index (κ1) is 36.5. The number of benzene rings is 4. The van der Waals surface area contributed by atoms with Crippen LogP contribution in [-0.2, 0) is 32.6 Å². The van der Waals surface area contributed by atoms with E-state index in [-0.39, 0.29) is 35.0 Å². The molecular formula is C36H40FN3O8S. The van der Waals surface area contributed by atoms with E-state index >= 15 is 0 Å². The summed E-state index contributed by atoms with van der Waals surface area (Å²) >= 11 is 0. The number of rotatable bonds is 16. The molecule has 0 aliphatic carbocycles. The van der Waals surface area contributed by atoms with Crippen molar-refractivity contribution in [3.8, 4) is 23.0 Å². The van der Waals surface area contributed by atoms with Crippen LogP contribution in [0.4, 0.5) is 10.1 Å². The zero-order chi connectivity index (χ0) is 35.6. The average Bonchev–Trinajstić information content (AvgIpc) is 3.12. The molecule has 0 radical (unpaired) electrons. The molecule has 0 heterocycles. The number of anilines is 1. The van der Waals surface area contributed by atoms with Crippen molar-refractivity contribution in [2.24, 2.45) is 0 Å². The third-order valence-corrected chi connectivity index (χ3v) is 9.52. The fraction of sp³-hybridized carbons (Fsp3) is 0.278. The fourth-order valence-electron chi connectivity index (χ4n) is 5.24. The summed E-state index contributed by atoms with van der Waals surface area (Å²) in [5.74, 6) is -0.691. The second-order valence-electron chi connectivity index (χ2n) is 10.8. The Kier molecular flexibility index (Phi) is 12.4. The number of ether oxygens (including phenoxy) is 4.